The van der Waals surface area contributed by atoms with Crippen LogP contribution in [0.25, 0.3) is 10.2 Å². The number of nitrogens with two attached hydrogens (primary N) is 1. The highest BCUT2D eigenvalue weighted by molar-refractivity contribution is 7.18. The van der Waals surface area contributed by atoms with Crippen molar-refractivity contribution >= 4 is 21.6 Å². The minimum absolute atomic E-state index is 0.140. The summed E-state index contributed by atoms with van der Waals surface area (Å²) in [6, 6.07) is 6.59. The van der Waals surface area contributed by atoms with Crippen molar-refractivity contribution in [1.82, 2.24) is 4.98 Å². The molecule has 1 aromatic carbocycles. The monoisotopic (exact) mass is 248 g/mol. The van der Waals surface area contributed by atoms with Crippen LogP contribution in [0.4, 0.5) is 0 Å². The molecule has 0 atom stereocenters. The number of hydrogen-bond donors (Lipinski definition) is 1. The molecule has 2 nitrogen and oxygen atoms in total. The molecule has 0 spiro atoms. The molecule has 0 radical (unpaired) electrons. The summed E-state index contributed by atoms with van der Waals surface area (Å²) >= 11 is 1.80. The fourth-order valence-electron chi connectivity index (χ4n) is 1.76. The summed E-state index contributed by atoms with van der Waals surface area (Å²) in [7, 11) is 0. The second-order valence-electron chi connectivity index (χ2n) is 5.46. The summed E-state index contributed by atoms with van der Waals surface area (Å²) in [6.07, 6.45) is 2.09. The molecule has 92 valence electrons. The molecule has 17 heavy (non-hydrogen) atoms. The molecule has 2 rings (SSSR count). The number of rotatable bonds is 3. The Morgan fingerprint density at radius 1 is 1.29 bits per heavy atom. The van der Waals surface area contributed by atoms with Crippen molar-refractivity contribution in [3.63, 3.8) is 0 Å². The highest BCUT2D eigenvalue weighted by atomic mass is 32.1. The lowest BCUT2D eigenvalue weighted by molar-refractivity contribution is 0.587. The first-order chi connectivity index (χ1) is 8.00. The zero-order valence-corrected chi connectivity index (χ0v) is 11.6. The Hall–Kier alpha value is -0.930. The zero-order valence-electron chi connectivity index (χ0n) is 10.8. The predicted octanol–water partition coefficient (Wildman–Crippen LogP) is 3.49. The second-order valence-corrected chi connectivity index (χ2v) is 6.49. The van der Waals surface area contributed by atoms with Gasteiger partial charge in [-0.15, -0.1) is 11.3 Å². The lowest BCUT2D eigenvalue weighted by Crippen LogP contribution is -2.09. The summed E-state index contributed by atoms with van der Waals surface area (Å²) in [5.74, 6) is 0. The Kier molecular flexibility index (Phi) is 3.50. The average Bonchev–Trinajstić information content (AvgIpc) is 2.68. The number of benzene rings is 1. The SMILES string of the molecule is CC(C)(C)c1nc2cc(CCCN)ccc2s1. The molecule has 0 unspecified atom stereocenters. The number of aryl methyl sites for hydroxylation is 1. The van der Waals surface area contributed by atoms with E-state index in [2.05, 4.69) is 39.0 Å². The van der Waals surface area contributed by atoms with E-state index in [4.69, 9.17) is 10.7 Å². The predicted molar refractivity (Wildman–Crippen MR) is 75.7 cm³/mol. The van der Waals surface area contributed by atoms with Gasteiger partial charge in [-0.2, -0.15) is 0 Å². The highest BCUT2D eigenvalue weighted by Crippen LogP contribution is 2.31. The summed E-state index contributed by atoms with van der Waals surface area (Å²) < 4.78 is 1.28. The fraction of sp³-hybridized carbons (Fsp3) is 0.500. The van der Waals surface area contributed by atoms with Crippen molar-refractivity contribution in [3.05, 3.63) is 28.8 Å². The molecular formula is C14H20N2S. The van der Waals surface area contributed by atoms with E-state index in [1.807, 2.05) is 0 Å². The van der Waals surface area contributed by atoms with Gasteiger partial charge in [-0.1, -0.05) is 26.8 Å². The van der Waals surface area contributed by atoms with E-state index in [1.54, 1.807) is 11.3 Å². The normalized spacial score (nSPS) is 12.2. The van der Waals surface area contributed by atoms with Crippen LogP contribution in [0.3, 0.4) is 0 Å². The minimum atomic E-state index is 0.140. The van der Waals surface area contributed by atoms with Crippen LogP contribution in [-0.2, 0) is 11.8 Å². The molecule has 0 aliphatic carbocycles. The molecule has 0 aliphatic heterocycles. The maximum atomic E-state index is 5.54. The molecule has 0 fully saturated rings. The van der Waals surface area contributed by atoms with Gasteiger partial charge in [0.1, 0.15) is 0 Å². The van der Waals surface area contributed by atoms with Crippen LogP contribution in [-0.4, -0.2) is 11.5 Å². The lowest BCUT2D eigenvalue weighted by atomic mass is 9.98. The molecule has 1 aromatic heterocycles. The summed E-state index contributed by atoms with van der Waals surface area (Å²) in [6.45, 7) is 7.38. The Bertz CT molecular complexity index is 508. The van der Waals surface area contributed by atoms with Crippen molar-refractivity contribution in [1.29, 1.82) is 0 Å². The van der Waals surface area contributed by atoms with Crippen LogP contribution in [0.5, 0.6) is 0 Å². The van der Waals surface area contributed by atoms with Crippen molar-refractivity contribution in [2.45, 2.75) is 39.0 Å². The Labute approximate surface area is 107 Å². The van der Waals surface area contributed by atoms with Gasteiger partial charge in [0.25, 0.3) is 0 Å². The smallest absolute Gasteiger partial charge is 0.0992 e. The minimum Gasteiger partial charge on any atom is -0.330 e. The average molecular weight is 248 g/mol. The Morgan fingerprint density at radius 2 is 2.06 bits per heavy atom. The summed E-state index contributed by atoms with van der Waals surface area (Å²) in [4.78, 5) is 4.74. The van der Waals surface area contributed by atoms with Crippen molar-refractivity contribution in [2.24, 2.45) is 5.73 Å². The van der Waals surface area contributed by atoms with Gasteiger partial charge in [-0.25, -0.2) is 4.98 Å². The van der Waals surface area contributed by atoms with Crippen LogP contribution in [0.15, 0.2) is 18.2 Å². The molecule has 0 saturated carbocycles. The van der Waals surface area contributed by atoms with Crippen LogP contribution in [0.2, 0.25) is 0 Å². The summed E-state index contributed by atoms with van der Waals surface area (Å²) in [5.41, 5.74) is 8.15. The third-order valence-electron chi connectivity index (χ3n) is 2.76. The van der Waals surface area contributed by atoms with Gasteiger partial charge in [0.05, 0.1) is 15.2 Å². The van der Waals surface area contributed by atoms with Crippen molar-refractivity contribution in [3.8, 4) is 0 Å². The quantitative estimate of drug-likeness (QED) is 0.903. The van der Waals surface area contributed by atoms with Crippen LogP contribution in [0.1, 0.15) is 37.8 Å². The van der Waals surface area contributed by atoms with Gasteiger partial charge in [0, 0.05) is 5.41 Å². The largest absolute Gasteiger partial charge is 0.330 e. The molecular weight excluding hydrogens is 228 g/mol. The van der Waals surface area contributed by atoms with Gasteiger partial charge >= 0.3 is 0 Å². The van der Waals surface area contributed by atoms with E-state index < -0.39 is 0 Å². The highest BCUT2D eigenvalue weighted by Gasteiger charge is 2.18. The number of hydrogen-bond acceptors (Lipinski definition) is 3. The molecule has 3 heteroatoms. The topological polar surface area (TPSA) is 38.9 Å². The third-order valence-corrected chi connectivity index (χ3v) is 4.23. The molecule has 2 aromatic rings. The van der Waals surface area contributed by atoms with Crippen LogP contribution < -0.4 is 5.73 Å². The van der Waals surface area contributed by atoms with E-state index in [0.717, 1.165) is 24.9 Å². The van der Waals surface area contributed by atoms with E-state index in [1.165, 1.54) is 15.3 Å². The Morgan fingerprint density at radius 3 is 2.71 bits per heavy atom. The third kappa shape index (κ3) is 2.85. The van der Waals surface area contributed by atoms with Gasteiger partial charge in [-0.3, -0.25) is 0 Å². The maximum absolute atomic E-state index is 5.54. The van der Waals surface area contributed by atoms with Crippen molar-refractivity contribution in [2.75, 3.05) is 6.54 Å². The number of thiazole rings is 1. The van der Waals surface area contributed by atoms with Gasteiger partial charge < -0.3 is 5.73 Å². The lowest BCUT2D eigenvalue weighted by Gasteiger charge is -2.13. The van der Waals surface area contributed by atoms with E-state index in [9.17, 15) is 0 Å². The number of aromatic nitrogens is 1. The molecule has 2 N–H and O–H groups in total. The van der Waals surface area contributed by atoms with E-state index in [-0.39, 0.29) is 5.41 Å². The first-order valence-electron chi connectivity index (χ1n) is 6.11. The standard InChI is InChI=1S/C14H20N2S/c1-14(2,3)13-16-11-9-10(5-4-8-15)6-7-12(11)17-13/h6-7,9H,4-5,8,15H2,1-3H3. The van der Waals surface area contributed by atoms with Gasteiger partial charge in [0.2, 0.25) is 0 Å². The molecule has 0 aliphatic rings. The molecule has 0 bridgehead atoms. The van der Waals surface area contributed by atoms with E-state index >= 15 is 0 Å². The first kappa shape index (κ1) is 12.5. The van der Waals surface area contributed by atoms with Gasteiger partial charge in [-0.05, 0) is 37.1 Å². The molecule has 0 amide bonds. The maximum Gasteiger partial charge on any atom is 0.0992 e. The van der Waals surface area contributed by atoms with Crippen molar-refractivity contribution < 1.29 is 0 Å². The number of nitrogens with zero attached hydrogens (tertiary/aromatic N) is 1. The Balaban J connectivity index is 2.34. The van der Waals surface area contributed by atoms with E-state index in [0.29, 0.717) is 0 Å². The number of fused-ring (bicyclic) bond motifs is 1. The molecule has 0 saturated heterocycles. The zero-order chi connectivity index (χ0) is 12.5. The second kappa shape index (κ2) is 4.75. The first-order valence-corrected chi connectivity index (χ1v) is 6.92. The van der Waals surface area contributed by atoms with Gasteiger partial charge in [0.15, 0.2) is 0 Å². The summed E-state index contributed by atoms with van der Waals surface area (Å²) in [5, 5.41) is 1.21. The molecule has 1 heterocycles. The van der Waals surface area contributed by atoms with Crippen LogP contribution in [0, 0.1) is 0 Å². The van der Waals surface area contributed by atoms with Crippen LogP contribution >= 0.6 is 11.3 Å². The fourth-order valence-corrected chi connectivity index (χ4v) is 2.76.